The zero-order valence-electron chi connectivity index (χ0n) is 9.44. The summed E-state index contributed by atoms with van der Waals surface area (Å²) in [6, 6.07) is 8.45. The highest BCUT2D eigenvalue weighted by Crippen LogP contribution is 2.49. The van der Waals surface area contributed by atoms with Crippen LogP contribution in [-0.4, -0.2) is 11.2 Å². The van der Waals surface area contributed by atoms with Gasteiger partial charge in [-0.05, 0) is 40.7 Å². The lowest BCUT2D eigenvalue weighted by Crippen LogP contribution is -2.21. The summed E-state index contributed by atoms with van der Waals surface area (Å²) in [6.45, 7) is 2.19. The van der Waals surface area contributed by atoms with Crippen LogP contribution in [0.2, 0.25) is 0 Å². The molecule has 3 rings (SSSR count). The first kappa shape index (κ1) is 10.3. The second-order valence-electron chi connectivity index (χ2n) is 5.13. The second-order valence-corrected chi connectivity index (χ2v) is 6.04. The standard InChI is InChI=1S/C14H16OS/c1-14(6-7-14)13(15)8-10-9-16-12-5-3-2-4-11(10)12/h2-5,9,13,15H,6-8H2,1H3. The Morgan fingerprint density at radius 1 is 1.38 bits per heavy atom. The molecule has 1 heterocycles. The zero-order chi connectivity index (χ0) is 11.2. The third-order valence-corrected chi connectivity index (χ3v) is 4.83. The van der Waals surface area contributed by atoms with Gasteiger partial charge in [-0.25, -0.2) is 0 Å². The molecule has 0 radical (unpaired) electrons. The Morgan fingerprint density at radius 3 is 2.88 bits per heavy atom. The largest absolute Gasteiger partial charge is 0.392 e. The van der Waals surface area contributed by atoms with Crippen molar-refractivity contribution in [3.05, 3.63) is 35.2 Å². The van der Waals surface area contributed by atoms with Crippen LogP contribution in [0.3, 0.4) is 0 Å². The van der Waals surface area contributed by atoms with E-state index in [-0.39, 0.29) is 11.5 Å². The lowest BCUT2D eigenvalue weighted by atomic mass is 9.95. The fourth-order valence-electron chi connectivity index (χ4n) is 2.18. The van der Waals surface area contributed by atoms with Gasteiger partial charge >= 0.3 is 0 Å². The van der Waals surface area contributed by atoms with Crippen LogP contribution in [0.15, 0.2) is 29.6 Å². The SMILES string of the molecule is CC1(C(O)Cc2csc3ccccc23)CC1. The Kier molecular flexibility index (Phi) is 2.30. The van der Waals surface area contributed by atoms with Crippen LogP contribution in [0.5, 0.6) is 0 Å². The topological polar surface area (TPSA) is 20.2 Å². The molecule has 2 heteroatoms. The van der Waals surface area contributed by atoms with Crippen LogP contribution in [0.4, 0.5) is 0 Å². The lowest BCUT2D eigenvalue weighted by Gasteiger charge is -2.16. The maximum absolute atomic E-state index is 10.2. The molecule has 0 amide bonds. The number of aliphatic hydroxyl groups excluding tert-OH is 1. The van der Waals surface area contributed by atoms with Gasteiger partial charge in [0.05, 0.1) is 6.10 Å². The van der Waals surface area contributed by atoms with Gasteiger partial charge in [-0.2, -0.15) is 0 Å². The summed E-state index contributed by atoms with van der Waals surface area (Å²) in [7, 11) is 0. The van der Waals surface area contributed by atoms with E-state index in [1.807, 2.05) is 0 Å². The Balaban J connectivity index is 1.89. The number of fused-ring (bicyclic) bond motifs is 1. The summed E-state index contributed by atoms with van der Waals surface area (Å²) in [5.41, 5.74) is 1.50. The fourth-order valence-corrected chi connectivity index (χ4v) is 3.15. The third-order valence-electron chi connectivity index (χ3n) is 3.82. The van der Waals surface area contributed by atoms with Crippen molar-refractivity contribution >= 4 is 21.4 Å². The van der Waals surface area contributed by atoms with Crippen LogP contribution >= 0.6 is 11.3 Å². The molecule has 1 saturated carbocycles. The molecule has 1 aromatic carbocycles. The number of benzene rings is 1. The molecular formula is C14H16OS. The summed E-state index contributed by atoms with van der Waals surface area (Å²) in [5, 5.41) is 13.7. The first-order valence-corrected chi connectivity index (χ1v) is 6.70. The van der Waals surface area contributed by atoms with Crippen molar-refractivity contribution in [1.29, 1.82) is 0 Å². The molecule has 1 N–H and O–H groups in total. The predicted octanol–water partition coefficient (Wildman–Crippen LogP) is 3.60. The van der Waals surface area contributed by atoms with Crippen molar-refractivity contribution < 1.29 is 5.11 Å². The molecule has 1 atom stereocenters. The number of thiophene rings is 1. The van der Waals surface area contributed by atoms with Gasteiger partial charge in [-0.1, -0.05) is 25.1 Å². The minimum atomic E-state index is -0.175. The maximum Gasteiger partial charge on any atom is 0.0634 e. The van der Waals surface area contributed by atoms with E-state index in [1.54, 1.807) is 11.3 Å². The van der Waals surface area contributed by atoms with E-state index in [0.29, 0.717) is 0 Å². The molecule has 1 aromatic heterocycles. The number of hydrogen-bond acceptors (Lipinski definition) is 2. The fraction of sp³-hybridized carbons (Fsp3) is 0.429. The highest BCUT2D eigenvalue weighted by Gasteiger charge is 2.43. The third kappa shape index (κ3) is 1.66. The van der Waals surface area contributed by atoms with Gasteiger partial charge in [0.2, 0.25) is 0 Å². The summed E-state index contributed by atoms with van der Waals surface area (Å²) >= 11 is 1.78. The predicted molar refractivity (Wildman–Crippen MR) is 68.9 cm³/mol. The Bertz CT molecular complexity index is 510. The summed E-state index contributed by atoms with van der Waals surface area (Å²) in [4.78, 5) is 0. The molecule has 0 bridgehead atoms. The Labute approximate surface area is 99.7 Å². The Morgan fingerprint density at radius 2 is 2.12 bits per heavy atom. The zero-order valence-corrected chi connectivity index (χ0v) is 10.3. The number of hydrogen-bond donors (Lipinski definition) is 1. The molecule has 0 spiro atoms. The van der Waals surface area contributed by atoms with Crippen molar-refractivity contribution in [2.24, 2.45) is 5.41 Å². The van der Waals surface area contributed by atoms with E-state index in [9.17, 15) is 5.11 Å². The van der Waals surface area contributed by atoms with E-state index in [2.05, 4.69) is 36.6 Å². The second kappa shape index (κ2) is 3.57. The highest BCUT2D eigenvalue weighted by atomic mass is 32.1. The average Bonchev–Trinajstić information content (AvgIpc) is 2.92. The molecule has 0 aliphatic heterocycles. The van der Waals surface area contributed by atoms with Crippen LogP contribution in [0.25, 0.3) is 10.1 Å². The van der Waals surface area contributed by atoms with Gasteiger partial charge in [0.25, 0.3) is 0 Å². The van der Waals surface area contributed by atoms with Gasteiger partial charge in [-0.15, -0.1) is 11.3 Å². The van der Waals surface area contributed by atoms with E-state index >= 15 is 0 Å². The average molecular weight is 232 g/mol. The molecule has 2 aromatic rings. The van der Waals surface area contributed by atoms with Gasteiger partial charge in [0, 0.05) is 11.1 Å². The molecule has 1 fully saturated rings. The number of rotatable bonds is 3. The van der Waals surface area contributed by atoms with Crippen LogP contribution < -0.4 is 0 Å². The van der Waals surface area contributed by atoms with Crippen LogP contribution in [-0.2, 0) is 6.42 Å². The monoisotopic (exact) mass is 232 g/mol. The van der Waals surface area contributed by atoms with Gasteiger partial charge < -0.3 is 5.11 Å². The van der Waals surface area contributed by atoms with Gasteiger partial charge in [-0.3, -0.25) is 0 Å². The van der Waals surface area contributed by atoms with E-state index in [1.165, 1.54) is 28.5 Å². The van der Waals surface area contributed by atoms with Crippen molar-refractivity contribution in [3.8, 4) is 0 Å². The van der Waals surface area contributed by atoms with Crippen molar-refractivity contribution in [2.45, 2.75) is 32.3 Å². The summed E-state index contributed by atoms with van der Waals surface area (Å²) in [5.74, 6) is 0. The molecule has 1 aliphatic carbocycles. The molecule has 84 valence electrons. The van der Waals surface area contributed by atoms with E-state index in [4.69, 9.17) is 0 Å². The highest BCUT2D eigenvalue weighted by molar-refractivity contribution is 7.17. The van der Waals surface area contributed by atoms with Gasteiger partial charge in [0.15, 0.2) is 0 Å². The minimum Gasteiger partial charge on any atom is -0.392 e. The summed E-state index contributed by atoms with van der Waals surface area (Å²) in [6.07, 6.45) is 2.98. The quantitative estimate of drug-likeness (QED) is 0.857. The molecule has 1 unspecified atom stereocenters. The van der Waals surface area contributed by atoms with E-state index in [0.717, 1.165) is 6.42 Å². The molecule has 16 heavy (non-hydrogen) atoms. The normalized spacial score (nSPS) is 19.9. The number of aliphatic hydroxyl groups is 1. The van der Waals surface area contributed by atoms with Gasteiger partial charge in [0.1, 0.15) is 0 Å². The van der Waals surface area contributed by atoms with E-state index < -0.39 is 0 Å². The minimum absolute atomic E-state index is 0.175. The van der Waals surface area contributed by atoms with Crippen LogP contribution in [0.1, 0.15) is 25.3 Å². The molecule has 1 aliphatic rings. The molecule has 1 nitrogen and oxygen atoms in total. The molecular weight excluding hydrogens is 216 g/mol. The smallest absolute Gasteiger partial charge is 0.0634 e. The molecule has 0 saturated heterocycles. The Hall–Kier alpha value is -0.860. The van der Waals surface area contributed by atoms with Crippen LogP contribution in [0, 0.1) is 5.41 Å². The first-order chi connectivity index (χ1) is 7.69. The first-order valence-electron chi connectivity index (χ1n) is 5.82. The van der Waals surface area contributed by atoms with Crippen molar-refractivity contribution in [2.75, 3.05) is 0 Å². The maximum atomic E-state index is 10.2. The summed E-state index contributed by atoms with van der Waals surface area (Å²) < 4.78 is 1.32. The lowest BCUT2D eigenvalue weighted by molar-refractivity contribution is 0.104. The van der Waals surface area contributed by atoms with Crippen molar-refractivity contribution in [1.82, 2.24) is 0 Å². The van der Waals surface area contributed by atoms with Crippen molar-refractivity contribution in [3.63, 3.8) is 0 Å².